The Hall–Kier alpha value is -1.76. The minimum absolute atomic E-state index is 0.205. The van der Waals surface area contributed by atoms with Crippen molar-refractivity contribution in [1.29, 1.82) is 0 Å². The van der Waals surface area contributed by atoms with E-state index in [4.69, 9.17) is 5.11 Å². The van der Waals surface area contributed by atoms with Gasteiger partial charge in [0.05, 0.1) is 11.3 Å². The number of aromatic nitrogens is 4. The zero-order valence-corrected chi connectivity index (χ0v) is 10.8. The van der Waals surface area contributed by atoms with Crippen molar-refractivity contribution < 1.29 is 9.90 Å². The summed E-state index contributed by atoms with van der Waals surface area (Å²) in [7, 11) is 0. The van der Waals surface area contributed by atoms with Gasteiger partial charge in [-0.3, -0.25) is 0 Å². The first-order valence-corrected chi connectivity index (χ1v) is 6.27. The van der Waals surface area contributed by atoms with Crippen LogP contribution in [0.4, 0.5) is 0 Å². The van der Waals surface area contributed by atoms with Crippen molar-refractivity contribution in [3.05, 3.63) is 34.1 Å². The molecule has 1 aromatic heterocycles. The number of carboxylic acid groups (broad SMARTS) is 1. The first-order chi connectivity index (χ1) is 8.65. The molecular formula is C11H9BrN4O2. The van der Waals surface area contributed by atoms with Gasteiger partial charge in [-0.1, -0.05) is 15.9 Å². The van der Waals surface area contributed by atoms with Crippen molar-refractivity contribution in [2.24, 2.45) is 0 Å². The zero-order valence-electron chi connectivity index (χ0n) is 9.25. The number of halogens is 1. The lowest BCUT2D eigenvalue weighted by molar-refractivity contribution is 0.0696. The predicted octanol–water partition coefficient (Wildman–Crippen LogP) is 2.00. The van der Waals surface area contributed by atoms with E-state index in [1.165, 1.54) is 0 Å². The summed E-state index contributed by atoms with van der Waals surface area (Å²) in [5, 5.41) is 20.6. The summed E-state index contributed by atoms with van der Waals surface area (Å²) in [6, 6.07) is 4.91. The van der Waals surface area contributed by atoms with Crippen molar-refractivity contribution in [1.82, 2.24) is 20.2 Å². The molecule has 92 valence electrons. The van der Waals surface area contributed by atoms with E-state index in [1.54, 1.807) is 22.9 Å². The van der Waals surface area contributed by atoms with Crippen LogP contribution in [0.3, 0.4) is 0 Å². The second kappa shape index (κ2) is 4.16. The van der Waals surface area contributed by atoms with Gasteiger partial charge < -0.3 is 5.11 Å². The molecule has 0 bridgehead atoms. The topological polar surface area (TPSA) is 80.9 Å². The SMILES string of the molecule is O=C(O)c1cc(Br)cc(-n2nnnc2C2CC2)c1. The van der Waals surface area contributed by atoms with Crippen LogP contribution < -0.4 is 0 Å². The van der Waals surface area contributed by atoms with Crippen molar-refractivity contribution >= 4 is 21.9 Å². The Morgan fingerprint density at radius 2 is 2.17 bits per heavy atom. The minimum atomic E-state index is -0.974. The molecule has 1 fully saturated rings. The van der Waals surface area contributed by atoms with Gasteiger partial charge in [0.25, 0.3) is 0 Å². The third kappa shape index (κ3) is 2.01. The van der Waals surface area contributed by atoms with Crippen LogP contribution in [0.1, 0.15) is 34.9 Å². The Labute approximate surface area is 111 Å². The summed E-state index contributed by atoms with van der Waals surface area (Å²) in [5.74, 6) is 0.218. The smallest absolute Gasteiger partial charge is 0.335 e. The van der Waals surface area contributed by atoms with E-state index in [0.717, 1.165) is 18.7 Å². The Kier molecular flexibility index (Phi) is 2.62. The van der Waals surface area contributed by atoms with E-state index in [1.807, 2.05) is 0 Å². The number of rotatable bonds is 3. The van der Waals surface area contributed by atoms with Gasteiger partial charge in [0, 0.05) is 10.4 Å². The summed E-state index contributed by atoms with van der Waals surface area (Å²) in [6.07, 6.45) is 2.17. The molecule has 6 nitrogen and oxygen atoms in total. The number of hydrogen-bond acceptors (Lipinski definition) is 4. The first kappa shape index (κ1) is 11.3. The maximum Gasteiger partial charge on any atom is 0.335 e. The average Bonchev–Trinajstić information content (AvgIpc) is 3.06. The van der Waals surface area contributed by atoms with Gasteiger partial charge in [-0.25, -0.2) is 4.79 Å². The summed E-state index contributed by atoms with van der Waals surface area (Å²) in [6.45, 7) is 0. The fourth-order valence-electron chi connectivity index (χ4n) is 1.79. The molecule has 1 saturated carbocycles. The van der Waals surface area contributed by atoms with Gasteiger partial charge in [-0.05, 0) is 41.5 Å². The van der Waals surface area contributed by atoms with Crippen LogP contribution in [0.2, 0.25) is 0 Å². The third-order valence-corrected chi connectivity index (χ3v) is 3.27. The normalized spacial score (nSPS) is 14.7. The standard InChI is InChI=1S/C11H9BrN4O2/c12-8-3-7(11(17)18)4-9(5-8)16-10(6-1-2-6)13-14-15-16/h3-6H,1-2H2,(H,17,18). The highest BCUT2D eigenvalue weighted by atomic mass is 79.9. The minimum Gasteiger partial charge on any atom is -0.478 e. The average molecular weight is 309 g/mol. The second-order valence-corrected chi connectivity index (χ2v) is 5.14. The lowest BCUT2D eigenvalue weighted by Crippen LogP contribution is -2.05. The van der Waals surface area contributed by atoms with Crippen molar-refractivity contribution in [2.45, 2.75) is 18.8 Å². The molecule has 3 rings (SSSR count). The lowest BCUT2D eigenvalue weighted by Gasteiger charge is -2.05. The zero-order chi connectivity index (χ0) is 12.7. The highest BCUT2D eigenvalue weighted by Gasteiger charge is 2.30. The van der Waals surface area contributed by atoms with Crippen LogP contribution in [0, 0.1) is 0 Å². The highest BCUT2D eigenvalue weighted by Crippen LogP contribution is 2.39. The van der Waals surface area contributed by atoms with Crippen LogP contribution in [0.15, 0.2) is 22.7 Å². The van der Waals surface area contributed by atoms with Gasteiger partial charge in [0.15, 0.2) is 5.82 Å². The summed E-state index contributed by atoms with van der Waals surface area (Å²) < 4.78 is 2.30. The molecule has 0 radical (unpaired) electrons. The maximum atomic E-state index is 11.0. The van der Waals surface area contributed by atoms with Crippen LogP contribution in [0.5, 0.6) is 0 Å². The van der Waals surface area contributed by atoms with Crippen LogP contribution in [0.25, 0.3) is 5.69 Å². The second-order valence-electron chi connectivity index (χ2n) is 4.23. The number of nitrogens with zero attached hydrogens (tertiary/aromatic N) is 4. The highest BCUT2D eigenvalue weighted by molar-refractivity contribution is 9.10. The molecular weight excluding hydrogens is 300 g/mol. The molecule has 1 N–H and O–H groups in total. The van der Waals surface area contributed by atoms with Crippen molar-refractivity contribution in [3.8, 4) is 5.69 Å². The summed E-state index contributed by atoms with van der Waals surface area (Å²) in [4.78, 5) is 11.0. The van der Waals surface area contributed by atoms with Gasteiger partial charge >= 0.3 is 5.97 Å². The monoisotopic (exact) mass is 308 g/mol. The maximum absolute atomic E-state index is 11.0. The largest absolute Gasteiger partial charge is 0.478 e. The van der Waals surface area contributed by atoms with Gasteiger partial charge in [-0.15, -0.1) is 5.10 Å². The van der Waals surface area contributed by atoms with Crippen molar-refractivity contribution in [2.75, 3.05) is 0 Å². The van der Waals surface area contributed by atoms with Crippen LogP contribution in [-0.2, 0) is 0 Å². The molecule has 0 amide bonds. The fourth-order valence-corrected chi connectivity index (χ4v) is 2.28. The van der Waals surface area contributed by atoms with E-state index in [2.05, 4.69) is 31.5 Å². The Morgan fingerprint density at radius 3 is 2.83 bits per heavy atom. The predicted molar refractivity (Wildman–Crippen MR) is 65.8 cm³/mol. The molecule has 0 atom stereocenters. The van der Waals surface area contributed by atoms with E-state index in [-0.39, 0.29) is 5.56 Å². The molecule has 18 heavy (non-hydrogen) atoms. The van der Waals surface area contributed by atoms with Gasteiger partial charge in [0.2, 0.25) is 0 Å². The third-order valence-electron chi connectivity index (χ3n) is 2.81. The van der Waals surface area contributed by atoms with E-state index in [9.17, 15) is 4.79 Å². The fraction of sp³-hybridized carbons (Fsp3) is 0.273. The molecule has 0 saturated heterocycles. The number of carbonyl (C=O) groups is 1. The molecule has 1 aromatic carbocycles. The molecule has 0 unspecified atom stereocenters. The van der Waals surface area contributed by atoms with Crippen LogP contribution in [-0.4, -0.2) is 31.3 Å². The number of carboxylic acids is 1. The Morgan fingerprint density at radius 1 is 1.39 bits per heavy atom. The lowest BCUT2D eigenvalue weighted by atomic mass is 10.2. The molecule has 0 spiro atoms. The summed E-state index contributed by atoms with van der Waals surface area (Å²) >= 11 is 3.30. The number of aromatic carboxylic acids is 1. The first-order valence-electron chi connectivity index (χ1n) is 5.47. The molecule has 0 aliphatic heterocycles. The van der Waals surface area contributed by atoms with E-state index in [0.29, 0.717) is 16.1 Å². The molecule has 1 aliphatic rings. The van der Waals surface area contributed by atoms with E-state index >= 15 is 0 Å². The van der Waals surface area contributed by atoms with E-state index < -0.39 is 5.97 Å². The Bertz CT molecular complexity index is 621. The quantitative estimate of drug-likeness (QED) is 0.938. The molecule has 7 heteroatoms. The van der Waals surface area contributed by atoms with Crippen LogP contribution >= 0.6 is 15.9 Å². The van der Waals surface area contributed by atoms with Crippen molar-refractivity contribution in [3.63, 3.8) is 0 Å². The number of hydrogen-bond donors (Lipinski definition) is 1. The molecule has 2 aromatic rings. The Balaban J connectivity index is 2.10. The van der Waals surface area contributed by atoms with Gasteiger partial charge in [-0.2, -0.15) is 4.68 Å². The molecule has 1 aliphatic carbocycles. The summed E-state index contributed by atoms with van der Waals surface area (Å²) in [5.41, 5.74) is 0.866. The van der Waals surface area contributed by atoms with Gasteiger partial charge in [0.1, 0.15) is 0 Å². The number of benzene rings is 1. The number of tetrazole rings is 1. The molecule has 1 heterocycles.